The molecule has 1 aromatic carbocycles. The standard InChI is InChI=1S/C23H26N4O4/c1-3-31-19-7-5-13-27-20(15(2)24-21(19)27)22(28)25-17-6-4-12-26(14-17)18-10-8-16(9-11-18)23(29)30/h5,7-11,13,17H,3-4,6,12,14H2,1-2H3,(H,25,28)(H,29,30)/t17-/m0/s1. The van der Waals surface area contributed by atoms with Gasteiger partial charge in [0, 0.05) is 31.0 Å². The zero-order valence-corrected chi connectivity index (χ0v) is 17.7. The van der Waals surface area contributed by atoms with E-state index >= 15 is 0 Å². The fraction of sp³-hybridized carbons (Fsp3) is 0.348. The zero-order valence-electron chi connectivity index (χ0n) is 17.7. The third kappa shape index (κ3) is 4.19. The van der Waals surface area contributed by atoms with E-state index in [0.717, 1.165) is 25.1 Å². The second kappa shape index (κ2) is 8.67. The Kier molecular flexibility index (Phi) is 5.79. The first-order valence-corrected chi connectivity index (χ1v) is 10.5. The van der Waals surface area contributed by atoms with Gasteiger partial charge in [-0.05, 0) is 63.1 Å². The number of amides is 1. The number of rotatable bonds is 6. The van der Waals surface area contributed by atoms with Crippen molar-refractivity contribution in [1.82, 2.24) is 14.7 Å². The summed E-state index contributed by atoms with van der Waals surface area (Å²) < 4.78 is 7.42. The molecular formula is C23H26N4O4. The molecule has 3 aromatic rings. The van der Waals surface area contributed by atoms with Crippen molar-refractivity contribution in [1.29, 1.82) is 0 Å². The normalized spacial score (nSPS) is 16.3. The van der Waals surface area contributed by atoms with Crippen molar-refractivity contribution >= 4 is 23.2 Å². The lowest BCUT2D eigenvalue weighted by Gasteiger charge is -2.34. The first kappa shape index (κ1) is 20.7. The van der Waals surface area contributed by atoms with Crippen molar-refractivity contribution in [2.45, 2.75) is 32.7 Å². The Morgan fingerprint density at radius 1 is 1.26 bits per heavy atom. The van der Waals surface area contributed by atoms with E-state index in [1.807, 2.05) is 44.3 Å². The Hall–Kier alpha value is -3.55. The van der Waals surface area contributed by atoms with Crippen LogP contribution in [0.1, 0.15) is 46.3 Å². The number of ether oxygens (including phenoxy) is 1. The summed E-state index contributed by atoms with van der Waals surface area (Å²) >= 11 is 0. The topological polar surface area (TPSA) is 96.2 Å². The van der Waals surface area contributed by atoms with Crippen LogP contribution in [-0.2, 0) is 0 Å². The number of carbonyl (C=O) groups excluding carboxylic acids is 1. The second-order valence-electron chi connectivity index (χ2n) is 7.66. The van der Waals surface area contributed by atoms with Crippen LogP contribution in [0.3, 0.4) is 0 Å². The highest BCUT2D eigenvalue weighted by Crippen LogP contribution is 2.24. The third-order valence-corrected chi connectivity index (χ3v) is 5.54. The molecule has 1 amide bonds. The maximum atomic E-state index is 13.1. The molecule has 0 unspecified atom stereocenters. The van der Waals surface area contributed by atoms with Crippen LogP contribution in [-0.4, -0.2) is 52.1 Å². The number of aryl methyl sites for hydroxylation is 1. The molecule has 1 atom stereocenters. The smallest absolute Gasteiger partial charge is 0.335 e. The Labute approximate surface area is 180 Å². The van der Waals surface area contributed by atoms with Crippen LogP contribution in [0.25, 0.3) is 5.65 Å². The molecule has 3 heterocycles. The summed E-state index contributed by atoms with van der Waals surface area (Å²) in [6, 6.07) is 10.5. The number of carbonyl (C=O) groups is 2. The molecule has 1 fully saturated rings. The minimum Gasteiger partial charge on any atom is -0.490 e. The lowest BCUT2D eigenvalue weighted by Crippen LogP contribution is -2.48. The van der Waals surface area contributed by atoms with E-state index in [1.165, 1.54) is 0 Å². The van der Waals surface area contributed by atoms with Gasteiger partial charge in [-0.25, -0.2) is 9.78 Å². The fourth-order valence-electron chi connectivity index (χ4n) is 4.10. The van der Waals surface area contributed by atoms with Gasteiger partial charge in [-0.15, -0.1) is 0 Å². The van der Waals surface area contributed by atoms with Crippen molar-refractivity contribution in [3.8, 4) is 5.75 Å². The van der Waals surface area contributed by atoms with Gasteiger partial charge in [-0.2, -0.15) is 0 Å². The van der Waals surface area contributed by atoms with E-state index in [0.29, 0.717) is 35.9 Å². The average Bonchev–Trinajstić information content (AvgIpc) is 3.11. The molecule has 1 aliphatic heterocycles. The van der Waals surface area contributed by atoms with Gasteiger partial charge >= 0.3 is 5.97 Å². The van der Waals surface area contributed by atoms with Crippen molar-refractivity contribution in [3.63, 3.8) is 0 Å². The maximum absolute atomic E-state index is 13.1. The SMILES string of the molecule is CCOc1cccn2c(C(=O)N[C@H]3CCCN(c4ccc(C(=O)O)cc4)C3)c(C)nc12. The number of pyridine rings is 1. The largest absolute Gasteiger partial charge is 0.490 e. The molecule has 0 aliphatic carbocycles. The molecule has 31 heavy (non-hydrogen) atoms. The van der Waals surface area contributed by atoms with E-state index in [4.69, 9.17) is 9.84 Å². The van der Waals surface area contributed by atoms with Crippen LogP contribution in [0, 0.1) is 6.92 Å². The van der Waals surface area contributed by atoms with Crippen LogP contribution in [0.5, 0.6) is 5.75 Å². The summed E-state index contributed by atoms with van der Waals surface area (Å²) in [7, 11) is 0. The van der Waals surface area contributed by atoms with Crippen LogP contribution >= 0.6 is 0 Å². The number of benzene rings is 1. The van der Waals surface area contributed by atoms with Gasteiger partial charge in [0.25, 0.3) is 5.91 Å². The number of nitrogens with one attached hydrogen (secondary N) is 1. The third-order valence-electron chi connectivity index (χ3n) is 5.54. The predicted molar refractivity (Wildman–Crippen MR) is 117 cm³/mol. The van der Waals surface area contributed by atoms with Crippen LogP contribution in [0.15, 0.2) is 42.6 Å². The van der Waals surface area contributed by atoms with Gasteiger partial charge < -0.3 is 20.1 Å². The average molecular weight is 422 g/mol. The molecule has 4 rings (SSSR count). The Morgan fingerprint density at radius 3 is 2.74 bits per heavy atom. The van der Waals surface area contributed by atoms with Crippen LogP contribution < -0.4 is 15.0 Å². The molecule has 0 spiro atoms. The summed E-state index contributed by atoms with van der Waals surface area (Å²) in [6.07, 6.45) is 3.64. The van der Waals surface area contributed by atoms with Gasteiger partial charge in [0.2, 0.25) is 0 Å². The Balaban J connectivity index is 1.50. The number of carboxylic acids is 1. The maximum Gasteiger partial charge on any atom is 0.335 e. The number of hydrogen-bond acceptors (Lipinski definition) is 5. The molecule has 1 aliphatic rings. The molecule has 2 N–H and O–H groups in total. The predicted octanol–water partition coefficient (Wildman–Crippen LogP) is 3.14. The molecule has 8 heteroatoms. The second-order valence-corrected chi connectivity index (χ2v) is 7.66. The molecule has 1 saturated heterocycles. The Morgan fingerprint density at radius 2 is 2.03 bits per heavy atom. The molecule has 2 aromatic heterocycles. The van der Waals surface area contributed by atoms with Crippen molar-refractivity contribution in [2.75, 3.05) is 24.6 Å². The first-order chi connectivity index (χ1) is 15.0. The summed E-state index contributed by atoms with van der Waals surface area (Å²) in [5.74, 6) is -0.446. The number of imidazole rings is 1. The van der Waals surface area contributed by atoms with E-state index in [1.54, 1.807) is 16.5 Å². The number of fused-ring (bicyclic) bond motifs is 1. The highest BCUT2D eigenvalue weighted by molar-refractivity contribution is 5.95. The van der Waals surface area contributed by atoms with Gasteiger partial charge in [-0.3, -0.25) is 9.20 Å². The van der Waals surface area contributed by atoms with Gasteiger partial charge in [0.15, 0.2) is 11.4 Å². The van der Waals surface area contributed by atoms with Gasteiger partial charge in [0.05, 0.1) is 17.9 Å². The summed E-state index contributed by atoms with van der Waals surface area (Å²) in [4.78, 5) is 30.9. The first-order valence-electron chi connectivity index (χ1n) is 10.5. The number of carboxylic acid groups (broad SMARTS) is 1. The minimum atomic E-state index is -0.939. The summed E-state index contributed by atoms with van der Waals surface area (Å²) in [6.45, 7) is 5.80. The van der Waals surface area contributed by atoms with Gasteiger partial charge in [0.1, 0.15) is 5.69 Å². The van der Waals surface area contributed by atoms with Crippen molar-refractivity contribution in [3.05, 3.63) is 59.5 Å². The van der Waals surface area contributed by atoms with Crippen LogP contribution in [0.4, 0.5) is 5.69 Å². The number of aromatic nitrogens is 2. The Bertz CT molecular complexity index is 1110. The minimum absolute atomic E-state index is 0.0135. The highest BCUT2D eigenvalue weighted by Gasteiger charge is 2.25. The van der Waals surface area contributed by atoms with Crippen molar-refractivity contribution in [2.24, 2.45) is 0 Å². The van der Waals surface area contributed by atoms with E-state index in [9.17, 15) is 9.59 Å². The molecule has 0 bridgehead atoms. The summed E-state index contributed by atoms with van der Waals surface area (Å²) in [5.41, 5.74) is 3.02. The molecule has 0 saturated carbocycles. The molecule has 8 nitrogen and oxygen atoms in total. The van der Waals surface area contributed by atoms with Crippen molar-refractivity contribution < 1.29 is 19.4 Å². The number of piperidine rings is 1. The number of nitrogens with zero attached hydrogens (tertiary/aromatic N) is 3. The van der Waals surface area contributed by atoms with E-state index < -0.39 is 5.97 Å². The number of hydrogen-bond donors (Lipinski definition) is 2. The molecule has 162 valence electrons. The molecular weight excluding hydrogens is 396 g/mol. The van der Waals surface area contributed by atoms with E-state index in [-0.39, 0.29) is 17.5 Å². The molecule has 0 radical (unpaired) electrons. The number of anilines is 1. The zero-order chi connectivity index (χ0) is 22.0. The number of aromatic carboxylic acids is 1. The highest BCUT2D eigenvalue weighted by atomic mass is 16.5. The lowest BCUT2D eigenvalue weighted by atomic mass is 10.0. The van der Waals surface area contributed by atoms with Gasteiger partial charge in [-0.1, -0.05) is 0 Å². The van der Waals surface area contributed by atoms with E-state index in [2.05, 4.69) is 15.2 Å². The monoisotopic (exact) mass is 422 g/mol. The van der Waals surface area contributed by atoms with Crippen LogP contribution in [0.2, 0.25) is 0 Å². The fourth-order valence-corrected chi connectivity index (χ4v) is 4.10. The lowest BCUT2D eigenvalue weighted by molar-refractivity contribution is 0.0696. The quantitative estimate of drug-likeness (QED) is 0.634. The summed E-state index contributed by atoms with van der Waals surface area (Å²) in [5, 5.41) is 12.2.